The van der Waals surface area contributed by atoms with Gasteiger partial charge in [-0.05, 0) is 30.3 Å². The standard InChI is InChI=1S/C31H22BNS/c1-3-11-23(12-4-1)33-28-16-6-2-5-13-24(28)25-21-22(19-20-29(25)33)32-26-14-7-9-17-30(26)34-31-18-10-8-15-27(31)32/h1-15,17-21H,16H2. The van der Waals surface area contributed by atoms with Gasteiger partial charge in [-0.25, -0.2) is 0 Å². The van der Waals surface area contributed by atoms with Crippen LogP contribution in [-0.2, 0) is 6.42 Å². The second-order valence-corrected chi connectivity index (χ2v) is 9.99. The summed E-state index contributed by atoms with van der Waals surface area (Å²) in [6.07, 6.45) is 9.80. The van der Waals surface area contributed by atoms with Gasteiger partial charge in [-0.2, -0.15) is 0 Å². The van der Waals surface area contributed by atoms with Crippen molar-refractivity contribution in [1.82, 2.24) is 4.57 Å². The van der Waals surface area contributed by atoms with E-state index in [0.29, 0.717) is 0 Å². The van der Waals surface area contributed by atoms with Crippen LogP contribution in [0.4, 0.5) is 0 Å². The molecule has 0 atom stereocenters. The zero-order chi connectivity index (χ0) is 22.5. The van der Waals surface area contributed by atoms with Crippen molar-refractivity contribution < 1.29 is 0 Å². The molecule has 1 aromatic heterocycles. The van der Waals surface area contributed by atoms with Crippen molar-refractivity contribution in [3.8, 4) is 5.69 Å². The quantitative estimate of drug-likeness (QED) is 0.304. The molecule has 0 amide bonds. The maximum Gasteiger partial charge on any atom is 0.244 e. The van der Waals surface area contributed by atoms with E-state index in [1.165, 1.54) is 54.0 Å². The first kappa shape index (κ1) is 19.8. The van der Waals surface area contributed by atoms with Crippen LogP contribution in [-0.4, -0.2) is 11.3 Å². The van der Waals surface area contributed by atoms with E-state index in [-0.39, 0.29) is 6.71 Å². The number of rotatable bonds is 2. The molecule has 2 heterocycles. The van der Waals surface area contributed by atoms with E-state index in [1.54, 1.807) is 0 Å². The first-order chi connectivity index (χ1) is 16.9. The molecule has 0 radical (unpaired) electrons. The van der Waals surface area contributed by atoms with Crippen LogP contribution in [0, 0.1) is 0 Å². The summed E-state index contributed by atoms with van der Waals surface area (Å²) in [5.74, 6) is 0. The minimum absolute atomic E-state index is 0.238. The van der Waals surface area contributed by atoms with Gasteiger partial charge in [0.15, 0.2) is 0 Å². The zero-order valence-electron chi connectivity index (χ0n) is 18.7. The second-order valence-electron chi connectivity index (χ2n) is 8.91. The van der Waals surface area contributed by atoms with Crippen LogP contribution in [0.2, 0.25) is 0 Å². The highest BCUT2D eigenvalue weighted by Crippen LogP contribution is 2.33. The normalized spacial score (nSPS) is 13.9. The van der Waals surface area contributed by atoms with Gasteiger partial charge in [0.1, 0.15) is 0 Å². The van der Waals surface area contributed by atoms with E-state index in [2.05, 4.69) is 126 Å². The summed E-state index contributed by atoms with van der Waals surface area (Å²) >= 11 is 1.89. The van der Waals surface area contributed by atoms with Gasteiger partial charge in [-0.3, -0.25) is 0 Å². The van der Waals surface area contributed by atoms with E-state index in [1.807, 2.05) is 11.8 Å². The Kier molecular flexibility index (Phi) is 4.63. The zero-order valence-corrected chi connectivity index (χ0v) is 19.5. The number of para-hydroxylation sites is 1. The van der Waals surface area contributed by atoms with Crippen molar-refractivity contribution >= 4 is 51.8 Å². The Balaban J connectivity index is 1.49. The Morgan fingerprint density at radius 2 is 1.41 bits per heavy atom. The van der Waals surface area contributed by atoms with Gasteiger partial charge in [-0.15, -0.1) is 0 Å². The van der Waals surface area contributed by atoms with Crippen molar-refractivity contribution in [2.24, 2.45) is 0 Å². The van der Waals surface area contributed by atoms with E-state index in [0.717, 1.165) is 6.42 Å². The third kappa shape index (κ3) is 3.04. The number of allylic oxidation sites excluding steroid dienone is 3. The first-order valence-electron chi connectivity index (χ1n) is 11.8. The molecule has 34 heavy (non-hydrogen) atoms. The first-order valence-corrected chi connectivity index (χ1v) is 12.6. The van der Waals surface area contributed by atoms with Crippen LogP contribution in [0.25, 0.3) is 22.7 Å². The van der Waals surface area contributed by atoms with Crippen LogP contribution in [0.5, 0.6) is 0 Å². The van der Waals surface area contributed by atoms with Crippen molar-refractivity contribution in [2.45, 2.75) is 16.2 Å². The van der Waals surface area contributed by atoms with Crippen LogP contribution >= 0.6 is 11.8 Å². The molecule has 1 nitrogen and oxygen atoms in total. The largest absolute Gasteiger partial charge is 0.313 e. The fraction of sp³-hybridized carbons (Fsp3) is 0.0323. The van der Waals surface area contributed by atoms with Crippen LogP contribution in [0.15, 0.2) is 125 Å². The lowest BCUT2D eigenvalue weighted by molar-refractivity contribution is 1.00. The van der Waals surface area contributed by atoms with Gasteiger partial charge in [0.25, 0.3) is 0 Å². The molecule has 1 aliphatic carbocycles. The summed E-state index contributed by atoms with van der Waals surface area (Å²) in [4.78, 5) is 2.71. The molecular weight excluding hydrogens is 429 g/mol. The summed E-state index contributed by atoms with van der Waals surface area (Å²) in [5.41, 5.74) is 9.32. The molecule has 0 spiro atoms. The number of nitrogens with zero attached hydrogens (tertiary/aromatic N) is 1. The lowest BCUT2D eigenvalue weighted by Crippen LogP contribution is -2.55. The molecule has 4 aromatic carbocycles. The minimum atomic E-state index is 0.238. The van der Waals surface area contributed by atoms with Crippen LogP contribution in [0.3, 0.4) is 0 Å². The highest BCUT2D eigenvalue weighted by molar-refractivity contribution is 8.00. The molecule has 0 unspecified atom stereocenters. The second kappa shape index (κ2) is 7.97. The average molecular weight is 451 g/mol. The lowest BCUT2D eigenvalue weighted by atomic mass is 9.36. The summed E-state index contributed by atoms with van der Waals surface area (Å²) in [5, 5.41) is 1.32. The van der Waals surface area contributed by atoms with E-state index in [9.17, 15) is 0 Å². The molecule has 160 valence electrons. The van der Waals surface area contributed by atoms with Gasteiger partial charge in [0.2, 0.25) is 6.71 Å². The predicted octanol–water partition coefficient (Wildman–Crippen LogP) is 5.74. The fourth-order valence-corrected chi connectivity index (χ4v) is 6.64. The summed E-state index contributed by atoms with van der Waals surface area (Å²) in [7, 11) is 0. The number of hydrogen-bond donors (Lipinski definition) is 0. The molecule has 2 aliphatic rings. The summed E-state index contributed by atoms with van der Waals surface area (Å²) in [6.45, 7) is 0.238. The Morgan fingerprint density at radius 1 is 0.706 bits per heavy atom. The average Bonchev–Trinajstić information content (AvgIpc) is 3.02. The number of hydrogen-bond acceptors (Lipinski definition) is 1. The molecule has 0 saturated carbocycles. The Hall–Kier alpha value is -3.69. The van der Waals surface area contributed by atoms with Crippen molar-refractivity contribution in [3.05, 3.63) is 127 Å². The third-order valence-electron chi connectivity index (χ3n) is 6.98. The topological polar surface area (TPSA) is 4.93 Å². The molecular formula is C31H22BNS. The summed E-state index contributed by atoms with van der Waals surface area (Å²) in [6, 6.07) is 35.6. The predicted molar refractivity (Wildman–Crippen MR) is 147 cm³/mol. The molecule has 0 N–H and O–H groups in total. The van der Waals surface area contributed by atoms with Crippen molar-refractivity contribution in [1.29, 1.82) is 0 Å². The molecule has 1 aliphatic heterocycles. The van der Waals surface area contributed by atoms with E-state index in [4.69, 9.17) is 0 Å². The maximum absolute atomic E-state index is 2.44. The molecule has 5 aromatic rings. The number of aromatic nitrogens is 1. The van der Waals surface area contributed by atoms with Gasteiger partial charge in [0.05, 0.1) is 5.52 Å². The highest BCUT2D eigenvalue weighted by atomic mass is 32.2. The highest BCUT2D eigenvalue weighted by Gasteiger charge is 2.31. The van der Waals surface area contributed by atoms with Crippen molar-refractivity contribution in [2.75, 3.05) is 0 Å². The minimum Gasteiger partial charge on any atom is -0.313 e. The molecule has 0 bridgehead atoms. The number of fused-ring (bicyclic) bond motifs is 5. The SMILES string of the molecule is C1=CCc2c(c3cc(B4c5ccccc5Sc5ccccc54)ccc3n2-c2ccccc2)C=C1. The molecule has 7 rings (SSSR count). The van der Waals surface area contributed by atoms with Gasteiger partial charge in [0, 0.05) is 38.5 Å². The van der Waals surface area contributed by atoms with Gasteiger partial charge < -0.3 is 4.57 Å². The summed E-state index contributed by atoms with van der Waals surface area (Å²) < 4.78 is 2.44. The monoisotopic (exact) mass is 451 g/mol. The Bertz CT molecular complexity index is 1560. The lowest BCUT2D eigenvalue weighted by Gasteiger charge is -2.26. The molecule has 0 saturated heterocycles. The molecule has 3 heteroatoms. The van der Waals surface area contributed by atoms with Gasteiger partial charge in [-0.1, -0.05) is 119 Å². The number of benzene rings is 4. The van der Waals surface area contributed by atoms with E-state index < -0.39 is 0 Å². The third-order valence-corrected chi connectivity index (χ3v) is 8.16. The maximum atomic E-state index is 2.44. The van der Waals surface area contributed by atoms with Crippen LogP contribution < -0.4 is 16.4 Å². The van der Waals surface area contributed by atoms with Gasteiger partial charge >= 0.3 is 0 Å². The fourth-order valence-electron chi connectivity index (χ4n) is 5.50. The van der Waals surface area contributed by atoms with E-state index >= 15 is 0 Å². The Morgan fingerprint density at radius 3 is 2.18 bits per heavy atom. The Labute approximate surface area is 204 Å². The molecule has 0 fully saturated rings. The smallest absolute Gasteiger partial charge is 0.244 e. The van der Waals surface area contributed by atoms with Crippen molar-refractivity contribution in [3.63, 3.8) is 0 Å². The van der Waals surface area contributed by atoms with Crippen LogP contribution in [0.1, 0.15) is 11.3 Å².